The predicted octanol–water partition coefficient (Wildman–Crippen LogP) is 2.54. The van der Waals surface area contributed by atoms with Crippen molar-refractivity contribution < 1.29 is 14.3 Å². The molecule has 25 heavy (non-hydrogen) atoms. The Morgan fingerprint density at radius 2 is 2.08 bits per heavy atom. The zero-order valence-corrected chi connectivity index (χ0v) is 15.3. The number of hydrazone groups is 1. The number of nitrogens with zero attached hydrogens (tertiary/aromatic N) is 2. The van der Waals surface area contributed by atoms with Crippen molar-refractivity contribution in [2.75, 3.05) is 6.61 Å². The number of carbonyl (C=O) groups is 2. The lowest BCUT2D eigenvalue weighted by Gasteiger charge is -2.03. The van der Waals surface area contributed by atoms with Crippen molar-refractivity contribution in [1.82, 2.24) is 9.99 Å². The summed E-state index contributed by atoms with van der Waals surface area (Å²) in [5.74, 6) is -1.07. The fraction of sp³-hybridized carbons (Fsp3) is 0.200. The van der Waals surface area contributed by atoms with Gasteiger partial charge in [0.1, 0.15) is 11.7 Å². The normalized spacial score (nSPS) is 10.8. The maximum absolute atomic E-state index is 12.0. The molecule has 1 aromatic heterocycles. The van der Waals surface area contributed by atoms with Gasteiger partial charge >= 0.3 is 10.8 Å². The Balaban J connectivity index is 2.09. The minimum atomic E-state index is -0.570. The second-order valence-electron chi connectivity index (χ2n) is 4.59. The average molecular weight is 402 g/mol. The molecule has 0 saturated heterocycles. The summed E-state index contributed by atoms with van der Waals surface area (Å²) in [6, 6.07) is 6.50. The molecular formula is C15H13Cl2N3O4S. The Bertz CT molecular complexity index is 876. The van der Waals surface area contributed by atoms with Crippen molar-refractivity contribution >= 4 is 52.6 Å². The smallest absolute Gasteiger partial charge is 0.326 e. The summed E-state index contributed by atoms with van der Waals surface area (Å²) in [5.41, 5.74) is 2.56. The van der Waals surface area contributed by atoms with Crippen molar-refractivity contribution in [3.63, 3.8) is 0 Å². The van der Waals surface area contributed by atoms with Gasteiger partial charge < -0.3 is 4.74 Å². The minimum absolute atomic E-state index is 0.0406. The van der Waals surface area contributed by atoms with Gasteiger partial charge in [0, 0.05) is 0 Å². The molecule has 0 aliphatic heterocycles. The Labute approximate surface area is 156 Å². The molecular weight excluding hydrogens is 389 g/mol. The van der Waals surface area contributed by atoms with Crippen LogP contribution in [0.1, 0.15) is 22.2 Å². The van der Waals surface area contributed by atoms with Gasteiger partial charge in [0.15, 0.2) is 0 Å². The molecule has 10 heteroatoms. The summed E-state index contributed by atoms with van der Waals surface area (Å²) in [4.78, 5) is 35.2. The van der Waals surface area contributed by atoms with E-state index in [0.717, 1.165) is 15.9 Å². The standard InChI is InChI=1S/C15H13Cl2N3O4S/c1-2-24-12(21)8-20-13(17)11(25-15(20)23)7-18-19-14(22)9-5-3-4-6-10(9)16/h3-7H,2,8H2,1H3,(H,19,22)/b18-7-. The van der Waals surface area contributed by atoms with Gasteiger partial charge in [-0.3, -0.25) is 19.0 Å². The van der Waals surface area contributed by atoms with Crippen molar-refractivity contribution in [3.8, 4) is 0 Å². The first-order chi connectivity index (χ1) is 11.9. The number of ether oxygens (including phenoxy) is 1. The number of amides is 1. The van der Waals surface area contributed by atoms with Crippen LogP contribution < -0.4 is 10.3 Å². The highest BCUT2D eigenvalue weighted by Crippen LogP contribution is 2.17. The molecule has 0 bridgehead atoms. The second-order valence-corrected chi connectivity index (χ2v) is 6.35. The molecule has 0 radical (unpaired) electrons. The summed E-state index contributed by atoms with van der Waals surface area (Å²) in [7, 11) is 0. The van der Waals surface area contributed by atoms with Gasteiger partial charge in [0.05, 0.1) is 28.3 Å². The quantitative estimate of drug-likeness (QED) is 0.457. The van der Waals surface area contributed by atoms with E-state index in [9.17, 15) is 14.4 Å². The van der Waals surface area contributed by atoms with Crippen molar-refractivity contribution in [2.24, 2.45) is 5.10 Å². The van der Waals surface area contributed by atoms with Crippen molar-refractivity contribution in [3.05, 3.63) is 54.5 Å². The fourth-order valence-corrected chi connectivity index (χ4v) is 3.14. The number of hydrogen-bond acceptors (Lipinski definition) is 6. The molecule has 2 rings (SSSR count). The lowest BCUT2D eigenvalue weighted by molar-refractivity contribution is -0.143. The third-order valence-electron chi connectivity index (χ3n) is 2.92. The fourth-order valence-electron chi connectivity index (χ4n) is 1.81. The van der Waals surface area contributed by atoms with Gasteiger partial charge in [-0.15, -0.1) is 0 Å². The second kappa shape index (κ2) is 8.80. The molecule has 0 spiro atoms. The zero-order chi connectivity index (χ0) is 18.4. The number of rotatable bonds is 6. The number of benzene rings is 1. The van der Waals surface area contributed by atoms with E-state index in [0.29, 0.717) is 9.90 Å². The molecule has 0 aliphatic carbocycles. The molecule has 0 aliphatic rings. The van der Waals surface area contributed by atoms with Crippen LogP contribution in [-0.4, -0.2) is 29.3 Å². The average Bonchev–Trinajstić information content (AvgIpc) is 2.83. The highest BCUT2D eigenvalue weighted by molar-refractivity contribution is 7.11. The number of carbonyl (C=O) groups excluding carboxylic acids is 2. The highest BCUT2D eigenvalue weighted by atomic mass is 35.5. The van der Waals surface area contributed by atoms with Gasteiger partial charge in [-0.05, 0) is 19.1 Å². The van der Waals surface area contributed by atoms with Crippen LogP contribution in [0.25, 0.3) is 0 Å². The van der Waals surface area contributed by atoms with Crippen LogP contribution in [0.5, 0.6) is 0 Å². The molecule has 1 amide bonds. The van der Waals surface area contributed by atoms with Crippen molar-refractivity contribution in [2.45, 2.75) is 13.5 Å². The Morgan fingerprint density at radius 3 is 2.76 bits per heavy atom. The SMILES string of the molecule is CCOC(=O)Cn1c(Cl)c(/C=N\NC(=O)c2ccccc2Cl)sc1=O. The Morgan fingerprint density at radius 1 is 1.36 bits per heavy atom. The molecule has 0 fully saturated rings. The molecule has 7 nitrogen and oxygen atoms in total. The number of esters is 1. The molecule has 0 atom stereocenters. The maximum atomic E-state index is 12.0. The zero-order valence-electron chi connectivity index (χ0n) is 13.0. The van der Waals surface area contributed by atoms with E-state index in [1.54, 1.807) is 31.2 Å². The first kappa shape index (κ1) is 19.2. The molecule has 2 aromatic rings. The van der Waals surface area contributed by atoms with Gasteiger partial charge in [-0.1, -0.05) is 46.7 Å². The van der Waals surface area contributed by atoms with E-state index in [1.807, 2.05) is 0 Å². The molecule has 1 heterocycles. The molecule has 132 valence electrons. The number of hydrogen-bond donors (Lipinski definition) is 1. The molecule has 1 aromatic carbocycles. The van der Waals surface area contributed by atoms with Crippen LogP contribution in [0.3, 0.4) is 0 Å². The minimum Gasteiger partial charge on any atom is -0.465 e. The first-order valence-corrected chi connectivity index (χ1v) is 8.64. The van der Waals surface area contributed by atoms with Crippen molar-refractivity contribution in [1.29, 1.82) is 0 Å². The van der Waals surface area contributed by atoms with Crippen LogP contribution in [0.2, 0.25) is 10.2 Å². The van der Waals surface area contributed by atoms with Gasteiger partial charge in [0.25, 0.3) is 5.91 Å². The van der Waals surface area contributed by atoms with E-state index >= 15 is 0 Å². The van der Waals surface area contributed by atoms with Gasteiger partial charge in [0.2, 0.25) is 0 Å². The predicted molar refractivity (Wildman–Crippen MR) is 96.7 cm³/mol. The molecule has 0 unspecified atom stereocenters. The largest absolute Gasteiger partial charge is 0.465 e. The van der Waals surface area contributed by atoms with Gasteiger partial charge in [-0.25, -0.2) is 5.43 Å². The van der Waals surface area contributed by atoms with Crippen LogP contribution >= 0.6 is 34.5 Å². The van der Waals surface area contributed by atoms with Crippen LogP contribution in [0.4, 0.5) is 0 Å². The molecule has 0 saturated carbocycles. The summed E-state index contributed by atoms with van der Waals surface area (Å²) in [6.45, 7) is 1.58. The number of halogens is 2. The topological polar surface area (TPSA) is 89.8 Å². The summed E-state index contributed by atoms with van der Waals surface area (Å²) < 4.78 is 5.85. The Kier molecular flexibility index (Phi) is 6.74. The van der Waals surface area contributed by atoms with E-state index in [1.165, 1.54) is 6.21 Å². The summed E-state index contributed by atoms with van der Waals surface area (Å²) in [6.07, 6.45) is 1.23. The van der Waals surface area contributed by atoms with E-state index in [2.05, 4.69) is 10.5 Å². The number of thiazole rings is 1. The van der Waals surface area contributed by atoms with Crippen LogP contribution in [0, 0.1) is 0 Å². The van der Waals surface area contributed by atoms with E-state index < -0.39 is 16.7 Å². The lowest BCUT2D eigenvalue weighted by atomic mass is 10.2. The third kappa shape index (κ3) is 4.91. The highest BCUT2D eigenvalue weighted by Gasteiger charge is 2.15. The van der Waals surface area contributed by atoms with E-state index in [-0.39, 0.29) is 23.9 Å². The van der Waals surface area contributed by atoms with Crippen LogP contribution in [0.15, 0.2) is 34.2 Å². The molecule has 1 N–H and O–H groups in total. The Hall–Kier alpha value is -2.16. The van der Waals surface area contributed by atoms with E-state index in [4.69, 9.17) is 27.9 Å². The third-order valence-corrected chi connectivity index (χ3v) is 4.68. The summed E-state index contributed by atoms with van der Waals surface area (Å²) >= 11 is 12.8. The van der Waals surface area contributed by atoms with Crippen LogP contribution in [-0.2, 0) is 16.1 Å². The lowest BCUT2D eigenvalue weighted by Crippen LogP contribution is -2.21. The monoisotopic (exact) mass is 401 g/mol. The maximum Gasteiger partial charge on any atom is 0.326 e. The summed E-state index contributed by atoms with van der Waals surface area (Å²) in [5, 5.41) is 4.09. The number of nitrogens with one attached hydrogen (secondary N) is 1. The van der Waals surface area contributed by atoms with Gasteiger partial charge in [-0.2, -0.15) is 5.10 Å². The first-order valence-electron chi connectivity index (χ1n) is 7.06. The number of aromatic nitrogens is 1.